The van der Waals surface area contributed by atoms with E-state index < -0.39 is 0 Å². The Morgan fingerprint density at radius 1 is 1.18 bits per heavy atom. The Labute approximate surface area is 99.9 Å². The van der Waals surface area contributed by atoms with Gasteiger partial charge in [0.25, 0.3) is 0 Å². The van der Waals surface area contributed by atoms with Crippen LogP contribution in [0.5, 0.6) is 5.75 Å². The van der Waals surface area contributed by atoms with Crippen molar-refractivity contribution in [3.8, 4) is 5.75 Å². The van der Waals surface area contributed by atoms with Crippen LogP contribution in [0.15, 0.2) is 24.3 Å². The molecule has 17 heavy (non-hydrogen) atoms. The minimum absolute atomic E-state index is 0.0761. The van der Waals surface area contributed by atoms with Crippen molar-refractivity contribution < 1.29 is 9.90 Å². The average Bonchev–Trinajstić information content (AvgIpc) is 2.30. The molecule has 0 fully saturated rings. The molecule has 1 aliphatic carbocycles. The van der Waals surface area contributed by atoms with Gasteiger partial charge in [0, 0.05) is 6.42 Å². The van der Waals surface area contributed by atoms with Crippen LogP contribution in [0.25, 0.3) is 10.8 Å². The van der Waals surface area contributed by atoms with Crippen molar-refractivity contribution >= 4 is 16.6 Å². The summed E-state index contributed by atoms with van der Waals surface area (Å²) in [5, 5.41) is 12.1. The number of ketones is 1. The monoisotopic (exact) mass is 226 g/mol. The van der Waals surface area contributed by atoms with Gasteiger partial charge in [-0.3, -0.25) is 4.79 Å². The Kier molecular flexibility index (Phi) is 2.18. The first-order chi connectivity index (χ1) is 8.16. The summed E-state index contributed by atoms with van der Waals surface area (Å²) in [6, 6.07) is 7.84. The Morgan fingerprint density at radius 2 is 2.00 bits per heavy atom. The molecule has 0 spiro atoms. The van der Waals surface area contributed by atoms with Gasteiger partial charge in [-0.25, -0.2) is 0 Å². The third kappa shape index (κ3) is 1.52. The topological polar surface area (TPSA) is 37.3 Å². The lowest BCUT2D eigenvalue weighted by Gasteiger charge is -2.18. The van der Waals surface area contributed by atoms with Crippen molar-refractivity contribution in [3.63, 3.8) is 0 Å². The molecule has 0 aliphatic heterocycles. The number of fused-ring (bicyclic) bond motifs is 3. The summed E-state index contributed by atoms with van der Waals surface area (Å²) >= 11 is 0. The summed E-state index contributed by atoms with van der Waals surface area (Å²) in [6.45, 7) is 2.04. The van der Waals surface area contributed by atoms with E-state index in [1.165, 1.54) is 5.56 Å². The maximum Gasteiger partial charge on any atom is 0.166 e. The zero-order chi connectivity index (χ0) is 12.0. The van der Waals surface area contributed by atoms with Gasteiger partial charge in [-0.05, 0) is 42.2 Å². The first-order valence-electron chi connectivity index (χ1n) is 5.95. The van der Waals surface area contributed by atoms with E-state index >= 15 is 0 Å². The first kappa shape index (κ1) is 10.3. The minimum Gasteiger partial charge on any atom is -0.507 e. The van der Waals surface area contributed by atoms with Gasteiger partial charge < -0.3 is 5.11 Å². The third-order valence-electron chi connectivity index (χ3n) is 3.49. The van der Waals surface area contributed by atoms with E-state index in [9.17, 15) is 9.90 Å². The molecule has 0 atom stereocenters. The second-order valence-corrected chi connectivity index (χ2v) is 4.75. The molecule has 0 saturated heterocycles. The molecule has 86 valence electrons. The van der Waals surface area contributed by atoms with Crippen molar-refractivity contribution in [2.45, 2.75) is 26.2 Å². The Balaban J connectivity index is 2.43. The highest BCUT2D eigenvalue weighted by atomic mass is 16.3. The van der Waals surface area contributed by atoms with Crippen LogP contribution in [0.3, 0.4) is 0 Å². The van der Waals surface area contributed by atoms with Crippen molar-refractivity contribution in [2.75, 3.05) is 0 Å². The fourth-order valence-electron chi connectivity index (χ4n) is 2.69. The number of aryl methyl sites for hydroxylation is 2. The standard InChI is InChI=1S/C15H14O2/c1-9-5-6-10-8-14(17)15-11(12(10)7-9)3-2-4-13(15)16/h5-8,17H,2-4H2,1H3. The highest BCUT2D eigenvalue weighted by Crippen LogP contribution is 2.35. The van der Waals surface area contributed by atoms with Crippen LogP contribution in [-0.4, -0.2) is 10.9 Å². The Morgan fingerprint density at radius 3 is 2.82 bits per heavy atom. The van der Waals surface area contributed by atoms with E-state index in [1.807, 2.05) is 19.1 Å². The number of benzene rings is 2. The largest absolute Gasteiger partial charge is 0.507 e. The quantitative estimate of drug-likeness (QED) is 0.747. The number of phenols is 1. The van der Waals surface area contributed by atoms with Crippen LogP contribution in [0.2, 0.25) is 0 Å². The fraction of sp³-hybridized carbons (Fsp3) is 0.267. The van der Waals surface area contributed by atoms with Crippen molar-refractivity contribution in [2.24, 2.45) is 0 Å². The van der Waals surface area contributed by atoms with Crippen LogP contribution >= 0.6 is 0 Å². The van der Waals surface area contributed by atoms with Gasteiger partial charge in [0.2, 0.25) is 0 Å². The lowest BCUT2D eigenvalue weighted by atomic mass is 9.86. The lowest BCUT2D eigenvalue weighted by Crippen LogP contribution is -2.11. The lowest BCUT2D eigenvalue weighted by molar-refractivity contribution is 0.0970. The SMILES string of the molecule is Cc1ccc2cc(O)c3c(c2c1)CCCC3=O. The van der Waals surface area contributed by atoms with E-state index in [-0.39, 0.29) is 11.5 Å². The van der Waals surface area contributed by atoms with Crippen LogP contribution in [0, 0.1) is 6.92 Å². The van der Waals surface area contributed by atoms with Gasteiger partial charge >= 0.3 is 0 Å². The van der Waals surface area contributed by atoms with Crippen molar-refractivity contribution in [1.29, 1.82) is 0 Å². The highest BCUT2D eigenvalue weighted by Gasteiger charge is 2.23. The Bertz CT molecular complexity index is 626. The maximum atomic E-state index is 11.9. The third-order valence-corrected chi connectivity index (χ3v) is 3.49. The van der Waals surface area contributed by atoms with Gasteiger partial charge in [0.15, 0.2) is 5.78 Å². The van der Waals surface area contributed by atoms with E-state index in [0.717, 1.165) is 29.2 Å². The molecular weight excluding hydrogens is 212 g/mol. The number of carbonyl (C=O) groups excluding carboxylic acids is 1. The molecule has 0 unspecified atom stereocenters. The van der Waals surface area contributed by atoms with E-state index in [1.54, 1.807) is 6.07 Å². The Hall–Kier alpha value is -1.83. The molecule has 0 radical (unpaired) electrons. The van der Waals surface area contributed by atoms with Gasteiger partial charge in [-0.15, -0.1) is 0 Å². The summed E-state index contributed by atoms with van der Waals surface area (Å²) in [7, 11) is 0. The second-order valence-electron chi connectivity index (χ2n) is 4.75. The molecule has 2 aromatic rings. The molecule has 0 heterocycles. The smallest absolute Gasteiger partial charge is 0.166 e. The van der Waals surface area contributed by atoms with E-state index in [4.69, 9.17) is 0 Å². The number of aromatic hydroxyl groups is 1. The fourth-order valence-corrected chi connectivity index (χ4v) is 2.69. The van der Waals surface area contributed by atoms with Gasteiger partial charge in [-0.2, -0.15) is 0 Å². The van der Waals surface area contributed by atoms with Crippen molar-refractivity contribution in [3.05, 3.63) is 41.0 Å². The molecule has 1 N–H and O–H groups in total. The number of phenolic OH excluding ortho intramolecular Hbond substituents is 1. The molecule has 3 rings (SSSR count). The summed E-state index contributed by atoms with van der Waals surface area (Å²) in [4.78, 5) is 11.9. The normalized spacial score (nSPS) is 15.0. The summed E-state index contributed by atoms with van der Waals surface area (Å²) in [5.41, 5.74) is 2.76. The predicted molar refractivity (Wildman–Crippen MR) is 67.6 cm³/mol. The van der Waals surface area contributed by atoms with Crippen LogP contribution in [0.4, 0.5) is 0 Å². The van der Waals surface area contributed by atoms with Gasteiger partial charge in [0.1, 0.15) is 5.75 Å². The molecule has 0 bridgehead atoms. The van der Waals surface area contributed by atoms with Crippen LogP contribution in [-0.2, 0) is 6.42 Å². The van der Waals surface area contributed by atoms with Crippen LogP contribution < -0.4 is 0 Å². The average molecular weight is 226 g/mol. The molecule has 2 aromatic carbocycles. The van der Waals surface area contributed by atoms with Crippen molar-refractivity contribution in [1.82, 2.24) is 0 Å². The summed E-state index contributed by atoms with van der Waals surface area (Å²) < 4.78 is 0. The maximum absolute atomic E-state index is 11.9. The zero-order valence-electron chi connectivity index (χ0n) is 9.79. The first-order valence-corrected chi connectivity index (χ1v) is 5.95. The molecule has 1 aliphatic rings. The minimum atomic E-state index is 0.0761. The number of hydrogen-bond acceptors (Lipinski definition) is 2. The zero-order valence-corrected chi connectivity index (χ0v) is 9.79. The molecule has 0 saturated carbocycles. The van der Waals surface area contributed by atoms with E-state index in [0.29, 0.717) is 12.0 Å². The molecule has 2 heteroatoms. The number of Topliss-reactive ketones (excluding diaryl/α,β-unsaturated/α-hetero) is 1. The molecule has 0 aromatic heterocycles. The molecule has 0 amide bonds. The number of carbonyl (C=O) groups is 1. The van der Waals surface area contributed by atoms with E-state index in [2.05, 4.69) is 6.07 Å². The number of rotatable bonds is 0. The van der Waals surface area contributed by atoms with Gasteiger partial charge in [-0.1, -0.05) is 23.8 Å². The molecular formula is C15H14O2. The summed E-state index contributed by atoms with van der Waals surface area (Å²) in [5.74, 6) is 0.216. The summed E-state index contributed by atoms with van der Waals surface area (Å²) in [6.07, 6.45) is 2.33. The van der Waals surface area contributed by atoms with Crippen LogP contribution in [0.1, 0.15) is 34.3 Å². The highest BCUT2D eigenvalue weighted by molar-refractivity contribution is 6.06. The predicted octanol–water partition coefficient (Wildman–Crippen LogP) is 3.37. The molecule has 2 nitrogen and oxygen atoms in total. The number of hydrogen-bond donors (Lipinski definition) is 1. The second kappa shape index (κ2) is 3.59. The van der Waals surface area contributed by atoms with Gasteiger partial charge in [0.05, 0.1) is 5.56 Å².